The van der Waals surface area contributed by atoms with Gasteiger partial charge in [-0.3, -0.25) is 19.3 Å². The fraction of sp³-hybridized carbons (Fsp3) is 0.111. The fourth-order valence-electron chi connectivity index (χ4n) is 2.58. The Labute approximate surface area is 162 Å². The van der Waals surface area contributed by atoms with E-state index < -0.39 is 0 Å². The summed E-state index contributed by atoms with van der Waals surface area (Å²) in [6.07, 6.45) is 0. The molecule has 0 aliphatic rings. The molecular weight excluding hydrogens is 382 g/mol. The molecule has 3 heterocycles. The number of aromatic nitrogens is 4. The van der Waals surface area contributed by atoms with Crippen LogP contribution in [0.1, 0.15) is 5.69 Å². The van der Waals surface area contributed by atoms with Gasteiger partial charge >= 0.3 is 0 Å². The van der Waals surface area contributed by atoms with Crippen LogP contribution in [0.25, 0.3) is 15.9 Å². The van der Waals surface area contributed by atoms with Crippen molar-refractivity contribution in [3.63, 3.8) is 0 Å². The quantitative estimate of drug-likeness (QED) is 0.398. The van der Waals surface area contributed by atoms with E-state index in [0.717, 1.165) is 11.4 Å². The summed E-state index contributed by atoms with van der Waals surface area (Å²) in [6.45, 7) is 1.86. The van der Waals surface area contributed by atoms with Gasteiger partial charge in [-0.2, -0.15) is 5.10 Å². The van der Waals surface area contributed by atoms with E-state index >= 15 is 0 Å². The van der Waals surface area contributed by atoms with E-state index in [-0.39, 0.29) is 17.2 Å². The van der Waals surface area contributed by atoms with E-state index in [2.05, 4.69) is 20.5 Å². The predicted molar refractivity (Wildman–Crippen MR) is 108 cm³/mol. The van der Waals surface area contributed by atoms with E-state index in [1.807, 2.05) is 48.7 Å². The SMILES string of the molecule is Cc1cc(NC(=O)CSc2nc3ccsc3c(=O)n2-c2ccccc2)n[nH]1. The van der Waals surface area contributed by atoms with Crippen molar-refractivity contribution in [2.45, 2.75) is 12.1 Å². The Morgan fingerprint density at radius 3 is 2.85 bits per heavy atom. The van der Waals surface area contributed by atoms with Crippen LogP contribution in [0, 0.1) is 6.92 Å². The molecule has 0 saturated heterocycles. The standard InChI is InChI=1S/C18H15N5O2S2/c1-11-9-14(22-21-11)20-15(24)10-27-18-19-13-7-8-26-16(13)17(25)23(18)12-5-3-2-4-6-12/h2-9H,10H2,1H3,(H2,20,21,22,24). The highest BCUT2D eigenvalue weighted by Crippen LogP contribution is 2.23. The number of aromatic amines is 1. The van der Waals surface area contributed by atoms with Crippen molar-refractivity contribution in [2.24, 2.45) is 0 Å². The number of rotatable bonds is 5. The van der Waals surface area contributed by atoms with Crippen LogP contribution in [0.3, 0.4) is 0 Å². The van der Waals surface area contributed by atoms with Gasteiger partial charge in [0.1, 0.15) is 4.70 Å². The molecule has 7 nitrogen and oxygen atoms in total. The maximum absolute atomic E-state index is 13.0. The number of thioether (sulfide) groups is 1. The highest BCUT2D eigenvalue weighted by atomic mass is 32.2. The molecule has 4 rings (SSSR count). The largest absolute Gasteiger partial charge is 0.308 e. The summed E-state index contributed by atoms with van der Waals surface area (Å²) in [7, 11) is 0. The third-order valence-corrected chi connectivity index (χ3v) is 5.60. The summed E-state index contributed by atoms with van der Waals surface area (Å²) in [4.78, 5) is 29.8. The Bertz CT molecular complexity index is 1160. The zero-order chi connectivity index (χ0) is 18.8. The van der Waals surface area contributed by atoms with Crippen LogP contribution in [-0.2, 0) is 4.79 Å². The normalized spacial score (nSPS) is 11.0. The van der Waals surface area contributed by atoms with Gasteiger partial charge in [0, 0.05) is 11.8 Å². The Balaban J connectivity index is 1.64. The van der Waals surface area contributed by atoms with Gasteiger partial charge in [-0.1, -0.05) is 30.0 Å². The summed E-state index contributed by atoms with van der Waals surface area (Å²) in [5, 5.41) is 11.8. The first-order valence-electron chi connectivity index (χ1n) is 8.12. The number of nitrogens with zero attached hydrogens (tertiary/aromatic N) is 3. The highest BCUT2D eigenvalue weighted by molar-refractivity contribution is 7.99. The molecule has 0 fully saturated rings. The summed E-state index contributed by atoms with van der Waals surface area (Å²) in [5.41, 5.74) is 2.09. The van der Waals surface area contributed by atoms with Crippen LogP contribution in [0.5, 0.6) is 0 Å². The number of carbonyl (C=O) groups is 1. The minimum atomic E-state index is -0.217. The smallest absolute Gasteiger partial charge is 0.276 e. The lowest BCUT2D eigenvalue weighted by molar-refractivity contribution is -0.113. The van der Waals surface area contributed by atoms with Crippen LogP contribution >= 0.6 is 23.1 Å². The molecule has 0 aliphatic carbocycles. The molecule has 0 unspecified atom stereocenters. The molecule has 0 bridgehead atoms. The third-order valence-electron chi connectivity index (χ3n) is 3.77. The number of thiophene rings is 1. The minimum absolute atomic E-state index is 0.112. The van der Waals surface area contributed by atoms with Gasteiger partial charge in [-0.25, -0.2) is 4.98 Å². The van der Waals surface area contributed by atoms with Crippen molar-refractivity contribution in [3.05, 3.63) is 63.9 Å². The second-order valence-electron chi connectivity index (χ2n) is 5.78. The molecule has 1 amide bonds. The lowest BCUT2D eigenvalue weighted by Crippen LogP contribution is -2.22. The monoisotopic (exact) mass is 397 g/mol. The number of para-hydroxylation sites is 1. The number of hydrogen-bond acceptors (Lipinski definition) is 6. The van der Waals surface area contributed by atoms with Gasteiger partial charge in [0.2, 0.25) is 5.91 Å². The zero-order valence-corrected chi connectivity index (χ0v) is 15.9. The van der Waals surface area contributed by atoms with Crippen molar-refractivity contribution in [3.8, 4) is 5.69 Å². The number of amides is 1. The first-order valence-corrected chi connectivity index (χ1v) is 9.98. The molecule has 3 aromatic heterocycles. The topological polar surface area (TPSA) is 92.7 Å². The summed E-state index contributed by atoms with van der Waals surface area (Å²) in [5.74, 6) is 0.367. The number of benzene rings is 1. The van der Waals surface area contributed by atoms with Crippen LogP contribution in [0.15, 0.2) is 57.8 Å². The van der Waals surface area contributed by atoms with Gasteiger partial charge < -0.3 is 5.32 Å². The molecule has 2 N–H and O–H groups in total. The number of hydrogen-bond donors (Lipinski definition) is 2. The van der Waals surface area contributed by atoms with E-state index in [4.69, 9.17) is 0 Å². The molecule has 27 heavy (non-hydrogen) atoms. The van der Waals surface area contributed by atoms with Gasteiger partial charge in [-0.15, -0.1) is 11.3 Å². The first kappa shape index (κ1) is 17.5. The molecular formula is C18H15N5O2S2. The van der Waals surface area contributed by atoms with Crippen molar-refractivity contribution in [1.29, 1.82) is 0 Å². The van der Waals surface area contributed by atoms with Gasteiger partial charge in [0.25, 0.3) is 5.56 Å². The maximum Gasteiger partial charge on any atom is 0.276 e. The molecule has 4 aromatic rings. The molecule has 0 saturated carbocycles. The Kier molecular flexibility index (Phi) is 4.78. The summed E-state index contributed by atoms with van der Waals surface area (Å²) >= 11 is 2.58. The first-order chi connectivity index (χ1) is 13.1. The number of anilines is 1. The second-order valence-corrected chi connectivity index (χ2v) is 7.64. The average molecular weight is 397 g/mol. The average Bonchev–Trinajstić information content (AvgIpc) is 3.30. The number of fused-ring (bicyclic) bond motifs is 1. The number of aryl methyl sites for hydroxylation is 1. The number of H-pyrrole nitrogens is 1. The molecule has 0 spiro atoms. The highest BCUT2D eigenvalue weighted by Gasteiger charge is 2.16. The summed E-state index contributed by atoms with van der Waals surface area (Å²) in [6, 6.07) is 12.9. The van der Waals surface area contributed by atoms with E-state index in [1.165, 1.54) is 23.1 Å². The molecule has 0 aliphatic heterocycles. The Morgan fingerprint density at radius 2 is 2.11 bits per heavy atom. The Hall–Kier alpha value is -2.91. The van der Waals surface area contributed by atoms with E-state index in [0.29, 0.717) is 21.2 Å². The van der Waals surface area contributed by atoms with Crippen molar-refractivity contribution >= 4 is 45.0 Å². The molecule has 0 radical (unpaired) electrons. The van der Waals surface area contributed by atoms with Crippen molar-refractivity contribution in [2.75, 3.05) is 11.1 Å². The second kappa shape index (κ2) is 7.37. The Morgan fingerprint density at radius 1 is 1.30 bits per heavy atom. The molecule has 1 aromatic carbocycles. The molecule has 0 atom stereocenters. The van der Waals surface area contributed by atoms with Crippen LogP contribution < -0.4 is 10.9 Å². The summed E-state index contributed by atoms with van der Waals surface area (Å²) < 4.78 is 2.15. The lowest BCUT2D eigenvalue weighted by atomic mass is 10.3. The van der Waals surface area contributed by atoms with Gasteiger partial charge in [-0.05, 0) is 30.5 Å². The van der Waals surface area contributed by atoms with Gasteiger partial charge in [0.15, 0.2) is 11.0 Å². The lowest BCUT2D eigenvalue weighted by Gasteiger charge is -2.11. The van der Waals surface area contributed by atoms with Crippen LogP contribution in [-0.4, -0.2) is 31.4 Å². The maximum atomic E-state index is 13.0. The van der Waals surface area contributed by atoms with E-state index in [1.54, 1.807) is 10.6 Å². The van der Waals surface area contributed by atoms with Crippen LogP contribution in [0.2, 0.25) is 0 Å². The predicted octanol–water partition coefficient (Wildman–Crippen LogP) is 3.21. The van der Waals surface area contributed by atoms with Crippen molar-refractivity contribution < 1.29 is 4.79 Å². The number of carbonyl (C=O) groups excluding carboxylic acids is 1. The fourth-order valence-corrected chi connectivity index (χ4v) is 4.16. The molecule has 9 heteroatoms. The minimum Gasteiger partial charge on any atom is -0.308 e. The van der Waals surface area contributed by atoms with Crippen LogP contribution in [0.4, 0.5) is 5.82 Å². The van der Waals surface area contributed by atoms with Crippen molar-refractivity contribution in [1.82, 2.24) is 19.7 Å². The van der Waals surface area contributed by atoms with E-state index in [9.17, 15) is 9.59 Å². The molecule has 136 valence electrons. The number of nitrogens with one attached hydrogen (secondary N) is 2. The van der Waals surface area contributed by atoms with Gasteiger partial charge in [0.05, 0.1) is 17.0 Å². The third kappa shape index (κ3) is 3.64. The zero-order valence-electron chi connectivity index (χ0n) is 14.3.